The first-order chi connectivity index (χ1) is 10.1. The molecule has 0 atom stereocenters. The van der Waals surface area contributed by atoms with E-state index in [2.05, 4.69) is 10.3 Å². The van der Waals surface area contributed by atoms with Gasteiger partial charge in [0.2, 0.25) is 0 Å². The van der Waals surface area contributed by atoms with Gasteiger partial charge in [0, 0.05) is 24.1 Å². The third-order valence-corrected chi connectivity index (χ3v) is 3.33. The van der Waals surface area contributed by atoms with E-state index in [-0.39, 0.29) is 5.91 Å². The molecule has 0 aliphatic carbocycles. The van der Waals surface area contributed by atoms with E-state index in [4.69, 9.17) is 16.0 Å². The van der Waals surface area contributed by atoms with Crippen LogP contribution in [0, 0.1) is 6.92 Å². The molecule has 1 aromatic heterocycles. The minimum atomic E-state index is -0.158. The fourth-order valence-corrected chi connectivity index (χ4v) is 2.30. The summed E-state index contributed by atoms with van der Waals surface area (Å²) in [6, 6.07) is 12.5. The van der Waals surface area contributed by atoms with Crippen LogP contribution < -0.4 is 5.32 Å². The molecule has 0 saturated carbocycles. The Morgan fingerprint density at radius 2 is 2.14 bits per heavy atom. The standard InChI is InChI=1S/C16H13ClN2O2/c1-10-19-14-7-11(5-6-15(14)21-10)9-18-16(20)12-3-2-4-13(17)8-12/h2-8H,9H2,1H3,(H,18,20). The number of oxazole rings is 1. The van der Waals surface area contributed by atoms with Gasteiger partial charge in [-0.1, -0.05) is 23.7 Å². The molecule has 0 bridgehead atoms. The minimum Gasteiger partial charge on any atom is -0.441 e. The van der Waals surface area contributed by atoms with E-state index in [1.165, 1.54) is 0 Å². The summed E-state index contributed by atoms with van der Waals surface area (Å²) in [6.45, 7) is 2.23. The Bertz CT molecular complexity index is 811. The molecule has 106 valence electrons. The number of fused-ring (bicyclic) bond motifs is 1. The van der Waals surface area contributed by atoms with Gasteiger partial charge in [-0.15, -0.1) is 0 Å². The lowest BCUT2D eigenvalue weighted by atomic mass is 10.2. The maximum absolute atomic E-state index is 12.0. The SMILES string of the molecule is Cc1nc2cc(CNC(=O)c3cccc(Cl)c3)ccc2o1. The van der Waals surface area contributed by atoms with Gasteiger partial charge in [-0.3, -0.25) is 4.79 Å². The Kier molecular flexibility index (Phi) is 3.62. The van der Waals surface area contributed by atoms with Crippen LogP contribution in [0.4, 0.5) is 0 Å². The van der Waals surface area contributed by atoms with Crippen LogP contribution in [-0.2, 0) is 6.54 Å². The zero-order chi connectivity index (χ0) is 14.8. The van der Waals surface area contributed by atoms with Crippen LogP contribution in [0.2, 0.25) is 5.02 Å². The Balaban J connectivity index is 1.72. The molecule has 1 amide bonds. The summed E-state index contributed by atoms with van der Waals surface area (Å²) in [7, 11) is 0. The van der Waals surface area contributed by atoms with Crippen molar-refractivity contribution in [2.45, 2.75) is 13.5 Å². The smallest absolute Gasteiger partial charge is 0.251 e. The molecule has 1 heterocycles. The molecule has 3 aromatic rings. The van der Waals surface area contributed by atoms with Crippen molar-refractivity contribution >= 4 is 28.6 Å². The Hall–Kier alpha value is -2.33. The van der Waals surface area contributed by atoms with E-state index in [0.29, 0.717) is 23.0 Å². The Labute approximate surface area is 126 Å². The predicted octanol–water partition coefficient (Wildman–Crippen LogP) is 3.72. The monoisotopic (exact) mass is 300 g/mol. The molecule has 0 radical (unpaired) electrons. The minimum absolute atomic E-state index is 0.158. The van der Waals surface area contributed by atoms with E-state index in [1.807, 2.05) is 18.2 Å². The fourth-order valence-electron chi connectivity index (χ4n) is 2.11. The van der Waals surface area contributed by atoms with E-state index in [9.17, 15) is 4.79 Å². The second-order valence-electron chi connectivity index (χ2n) is 4.73. The zero-order valence-corrected chi connectivity index (χ0v) is 12.1. The highest BCUT2D eigenvalue weighted by Gasteiger charge is 2.07. The molecule has 3 rings (SSSR count). The summed E-state index contributed by atoms with van der Waals surface area (Å²) in [5, 5.41) is 3.40. The number of nitrogens with zero attached hydrogens (tertiary/aromatic N) is 1. The van der Waals surface area contributed by atoms with E-state index < -0.39 is 0 Å². The molecular formula is C16H13ClN2O2. The number of carbonyl (C=O) groups is 1. The van der Waals surface area contributed by atoms with Crippen molar-refractivity contribution in [2.75, 3.05) is 0 Å². The van der Waals surface area contributed by atoms with Gasteiger partial charge >= 0.3 is 0 Å². The van der Waals surface area contributed by atoms with Gasteiger partial charge in [-0.2, -0.15) is 0 Å². The number of nitrogens with one attached hydrogen (secondary N) is 1. The molecule has 0 fully saturated rings. The van der Waals surface area contributed by atoms with E-state index in [0.717, 1.165) is 16.7 Å². The number of hydrogen-bond acceptors (Lipinski definition) is 3. The van der Waals surface area contributed by atoms with Crippen molar-refractivity contribution in [3.05, 3.63) is 64.5 Å². The van der Waals surface area contributed by atoms with Gasteiger partial charge in [0.25, 0.3) is 5.91 Å². The van der Waals surface area contributed by atoms with Crippen molar-refractivity contribution in [1.29, 1.82) is 0 Å². The number of aromatic nitrogens is 1. The largest absolute Gasteiger partial charge is 0.441 e. The van der Waals surface area contributed by atoms with E-state index in [1.54, 1.807) is 31.2 Å². The summed E-state index contributed by atoms with van der Waals surface area (Å²) >= 11 is 5.88. The number of carbonyl (C=O) groups excluding carboxylic acids is 1. The van der Waals surface area contributed by atoms with Gasteiger partial charge in [0.05, 0.1) is 0 Å². The highest BCUT2D eigenvalue weighted by Crippen LogP contribution is 2.17. The second-order valence-corrected chi connectivity index (χ2v) is 5.16. The van der Waals surface area contributed by atoms with Crippen LogP contribution in [0.3, 0.4) is 0 Å². The van der Waals surface area contributed by atoms with Crippen LogP contribution in [0.5, 0.6) is 0 Å². The number of amides is 1. The van der Waals surface area contributed by atoms with E-state index >= 15 is 0 Å². The summed E-state index contributed by atoms with van der Waals surface area (Å²) in [5.74, 6) is 0.471. The average molecular weight is 301 g/mol. The van der Waals surface area contributed by atoms with Gasteiger partial charge < -0.3 is 9.73 Å². The molecule has 4 nitrogen and oxygen atoms in total. The first-order valence-corrected chi connectivity index (χ1v) is 6.89. The number of aryl methyl sites for hydroxylation is 1. The maximum atomic E-state index is 12.0. The van der Waals surface area contributed by atoms with Crippen LogP contribution in [0.15, 0.2) is 46.9 Å². The molecule has 0 aliphatic rings. The highest BCUT2D eigenvalue weighted by molar-refractivity contribution is 6.30. The quantitative estimate of drug-likeness (QED) is 0.802. The predicted molar refractivity (Wildman–Crippen MR) is 81.4 cm³/mol. The van der Waals surface area contributed by atoms with Crippen molar-refractivity contribution in [3.8, 4) is 0 Å². The molecule has 0 saturated heterocycles. The Morgan fingerprint density at radius 1 is 1.29 bits per heavy atom. The number of rotatable bonds is 3. The van der Waals surface area contributed by atoms with Crippen LogP contribution in [0.1, 0.15) is 21.8 Å². The average Bonchev–Trinajstić information content (AvgIpc) is 2.84. The summed E-state index contributed by atoms with van der Waals surface area (Å²) in [5.41, 5.74) is 3.05. The third-order valence-electron chi connectivity index (χ3n) is 3.10. The van der Waals surface area contributed by atoms with Gasteiger partial charge in [0.15, 0.2) is 11.5 Å². The van der Waals surface area contributed by atoms with Crippen LogP contribution >= 0.6 is 11.6 Å². The fraction of sp³-hybridized carbons (Fsp3) is 0.125. The first-order valence-electron chi connectivity index (χ1n) is 6.52. The number of halogens is 1. The summed E-state index contributed by atoms with van der Waals surface area (Å²) in [4.78, 5) is 16.3. The number of benzene rings is 2. The Morgan fingerprint density at radius 3 is 2.95 bits per heavy atom. The summed E-state index contributed by atoms with van der Waals surface area (Å²) < 4.78 is 5.42. The third kappa shape index (κ3) is 3.06. The van der Waals surface area contributed by atoms with Crippen molar-refractivity contribution in [2.24, 2.45) is 0 Å². The normalized spacial score (nSPS) is 10.8. The van der Waals surface area contributed by atoms with Crippen molar-refractivity contribution in [3.63, 3.8) is 0 Å². The lowest BCUT2D eigenvalue weighted by Crippen LogP contribution is -2.22. The van der Waals surface area contributed by atoms with Crippen LogP contribution in [-0.4, -0.2) is 10.9 Å². The lowest BCUT2D eigenvalue weighted by Gasteiger charge is -2.05. The molecule has 21 heavy (non-hydrogen) atoms. The topological polar surface area (TPSA) is 55.1 Å². The highest BCUT2D eigenvalue weighted by atomic mass is 35.5. The second kappa shape index (κ2) is 5.58. The van der Waals surface area contributed by atoms with Gasteiger partial charge in [-0.25, -0.2) is 4.98 Å². The van der Waals surface area contributed by atoms with Gasteiger partial charge in [0.1, 0.15) is 5.52 Å². The zero-order valence-electron chi connectivity index (χ0n) is 11.4. The molecule has 1 N–H and O–H groups in total. The molecular weight excluding hydrogens is 288 g/mol. The van der Waals surface area contributed by atoms with Crippen LogP contribution in [0.25, 0.3) is 11.1 Å². The lowest BCUT2D eigenvalue weighted by molar-refractivity contribution is 0.0951. The molecule has 0 aliphatic heterocycles. The van der Waals surface area contributed by atoms with Crippen molar-refractivity contribution < 1.29 is 9.21 Å². The maximum Gasteiger partial charge on any atom is 0.251 e. The molecule has 0 spiro atoms. The van der Waals surface area contributed by atoms with Gasteiger partial charge in [-0.05, 0) is 35.9 Å². The number of hydrogen-bond donors (Lipinski definition) is 1. The summed E-state index contributed by atoms with van der Waals surface area (Å²) in [6.07, 6.45) is 0. The molecule has 2 aromatic carbocycles. The van der Waals surface area contributed by atoms with Crippen molar-refractivity contribution in [1.82, 2.24) is 10.3 Å². The molecule has 0 unspecified atom stereocenters. The molecule has 5 heteroatoms. The first kappa shape index (κ1) is 13.6.